The minimum Gasteiger partial charge on any atom is -0.373 e. The molecule has 1 aromatic heterocycles. The summed E-state index contributed by atoms with van der Waals surface area (Å²) in [6.07, 6.45) is 7.23. The third-order valence-corrected chi connectivity index (χ3v) is 3.88. The molecule has 1 saturated heterocycles. The second kappa shape index (κ2) is 6.19. The molecule has 1 aliphatic heterocycles. The van der Waals surface area contributed by atoms with Crippen molar-refractivity contribution in [3.63, 3.8) is 0 Å². The first kappa shape index (κ1) is 13.3. The number of anilines is 1. The summed E-state index contributed by atoms with van der Waals surface area (Å²) in [6.45, 7) is 6.87. The molecule has 0 amide bonds. The zero-order valence-electron chi connectivity index (χ0n) is 11.9. The van der Waals surface area contributed by atoms with Gasteiger partial charge in [0.25, 0.3) is 0 Å². The number of nitrogens with zero attached hydrogens (tertiary/aromatic N) is 2. The average molecular weight is 247 g/mol. The molecule has 2 heterocycles. The molecule has 0 bridgehead atoms. The Morgan fingerprint density at radius 1 is 1.50 bits per heavy atom. The van der Waals surface area contributed by atoms with Gasteiger partial charge in [0.1, 0.15) is 5.82 Å². The van der Waals surface area contributed by atoms with E-state index >= 15 is 0 Å². The van der Waals surface area contributed by atoms with Crippen LogP contribution in [0.4, 0.5) is 5.82 Å². The van der Waals surface area contributed by atoms with Crippen molar-refractivity contribution in [2.75, 3.05) is 25.5 Å². The number of rotatable bonds is 5. The smallest absolute Gasteiger partial charge is 0.128 e. The fourth-order valence-corrected chi connectivity index (χ4v) is 2.87. The largest absolute Gasteiger partial charge is 0.373 e. The van der Waals surface area contributed by atoms with Crippen LogP contribution in [0.1, 0.15) is 49.8 Å². The minimum absolute atomic E-state index is 0.591. The number of nitrogens with one attached hydrogen (secondary N) is 1. The van der Waals surface area contributed by atoms with Gasteiger partial charge in [-0.2, -0.15) is 0 Å². The average Bonchev–Trinajstić information content (AvgIpc) is 2.84. The maximum Gasteiger partial charge on any atom is 0.128 e. The van der Waals surface area contributed by atoms with Crippen molar-refractivity contribution in [1.82, 2.24) is 9.88 Å². The van der Waals surface area contributed by atoms with Gasteiger partial charge in [0, 0.05) is 19.3 Å². The molecule has 0 aromatic carbocycles. The van der Waals surface area contributed by atoms with Crippen molar-refractivity contribution in [2.45, 2.75) is 45.6 Å². The van der Waals surface area contributed by atoms with Gasteiger partial charge in [-0.05, 0) is 56.5 Å². The van der Waals surface area contributed by atoms with Crippen molar-refractivity contribution in [3.8, 4) is 0 Å². The molecule has 3 nitrogen and oxygen atoms in total. The van der Waals surface area contributed by atoms with E-state index in [1.807, 2.05) is 13.2 Å². The number of hydrogen-bond acceptors (Lipinski definition) is 3. The summed E-state index contributed by atoms with van der Waals surface area (Å²) in [5.74, 6) is 0.997. The van der Waals surface area contributed by atoms with E-state index < -0.39 is 0 Å². The summed E-state index contributed by atoms with van der Waals surface area (Å²) in [5, 5.41) is 3.13. The predicted octanol–water partition coefficient (Wildman–Crippen LogP) is 3.37. The van der Waals surface area contributed by atoms with Crippen LogP contribution < -0.4 is 5.32 Å². The highest BCUT2D eigenvalue weighted by atomic mass is 15.2. The van der Waals surface area contributed by atoms with Crippen LogP contribution >= 0.6 is 0 Å². The molecule has 18 heavy (non-hydrogen) atoms. The van der Waals surface area contributed by atoms with Crippen LogP contribution in [0.3, 0.4) is 0 Å². The first-order valence-corrected chi connectivity index (χ1v) is 7.14. The maximum atomic E-state index is 4.52. The third kappa shape index (κ3) is 2.83. The summed E-state index contributed by atoms with van der Waals surface area (Å²) in [4.78, 5) is 7.14. The number of likely N-dealkylation sites (tertiary alicyclic amines) is 1. The van der Waals surface area contributed by atoms with Crippen LogP contribution in [0.15, 0.2) is 12.3 Å². The summed E-state index contributed by atoms with van der Waals surface area (Å²) in [6, 6.07) is 2.89. The standard InChI is InChI=1S/C15H25N3/c1-4-5-8-18-9-6-7-14(18)13-10-12(2)15(16-3)17-11-13/h10-11,14H,4-9H2,1-3H3,(H,16,17)/t14-/m0/s1. The van der Waals surface area contributed by atoms with Crippen LogP contribution in [-0.4, -0.2) is 30.0 Å². The van der Waals surface area contributed by atoms with Crippen LogP contribution in [-0.2, 0) is 0 Å². The molecule has 1 atom stereocenters. The van der Waals surface area contributed by atoms with Gasteiger partial charge in [0.15, 0.2) is 0 Å². The molecule has 0 saturated carbocycles. The quantitative estimate of drug-likeness (QED) is 0.864. The number of pyridine rings is 1. The molecule has 1 fully saturated rings. The van der Waals surface area contributed by atoms with E-state index in [-0.39, 0.29) is 0 Å². The molecule has 0 aliphatic carbocycles. The molecule has 1 aromatic rings. The van der Waals surface area contributed by atoms with Crippen molar-refractivity contribution in [1.29, 1.82) is 0 Å². The Bertz CT molecular complexity index is 389. The maximum absolute atomic E-state index is 4.52. The SMILES string of the molecule is CCCCN1CCC[C@H]1c1cnc(NC)c(C)c1. The lowest BCUT2D eigenvalue weighted by molar-refractivity contribution is 0.253. The lowest BCUT2D eigenvalue weighted by Gasteiger charge is -2.25. The van der Waals surface area contributed by atoms with Gasteiger partial charge in [-0.1, -0.05) is 13.3 Å². The van der Waals surface area contributed by atoms with E-state index in [0.717, 1.165) is 5.82 Å². The molecule has 0 unspecified atom stereocenters. The van der Waals surface area contributed by atoms with Gasteiger partial charge < -0.3 is 5.32 Å². The van der Waals surface area contributed by atoms with Crippen LogP contribution in [0.25, 0.3) is 0 Å². The van der Waals surface area contributed by atoms with Gasteiger partial charge in [0.2, 0.25) is 0 Å². The molecule has 2 rings (SSSR count). The van der Waals surface area contributed by atoms with Crippen LogP contribution in [0.2, 0.25) is 0 Å². The molecule has 0 radical (unpaired) electrons. The highest BCUT2D eigenvalue weighted by Crippen LogP contribution is 2.32. The number of hydrogen-bond donors (Lipinski definition) is 1. The van der Waals surface area contributed by atoms with Gasteiger partial charge >= 0.3 is 0 Å². The van der Waals surface area contributed by atoms with E-state index in [1.165, 1.54) is 49.9 Å². The predicted molar refractivity (Wildman–Crippen MR) is 77.0 cm³/mol. The van der Waals surface area contributed by atoms with E-state index in [4.69, 9.17) is 0 Å². The van der Waals surface area contributed by atoms with Gasteiger partial charge in [-0.15, -0.1) is 0 Å². The van der Waals surface area contributed by atoms with E-state index in [9.17, 15) is 0 Å². The summed E-state index contributed by atoms with van der Waals surface area (Å²) < 4.78 is 0. The number of unbranched alkanes of at least 4 members (excludes halogenated alkanes) is 1. The minimum atomic E-state index is 0.591. The fraction of sp³-hybridized carbons (Fsp3) is 0.667. The zero-order valence-corrected chi connectivity index (χ0v) is 11.9. The van der Waals surface area contributed by atoms with Crippen LogP contribution in [0.5, 0.6) is 0 Å². The summed E-state index contributed by atoms with van der Waals surface area (Å²) in [7, 11) is 1.93. The Labute approximate surface area is 111 Å². The van der Waals surface area contributed by atoms with Gasteiger partial charge in [0.05, 0.1) is 0 Å². The van der Waals surface area contributed by atoms with Crippen LogP contribution in [0, 0.1) is 6.92 Å². The van der Waals surface area contributed by atoms with Crippen molar-refractivity contribution in [2.24, 2.45) is 0 Å². The van der Waals surface area contributed by atoms with E-state index in [2.05, 4.69) is 35.1 Å². The molecular weight excluding hydrogens is 222 g/mol. The summed E-state index contributed by atoms with van der Waals surface area (Å²) >= 11 is 0. The van der Waals surface area contributed by atoms with Gasteiger partial charge in [-0.25, -0.2) is 4.98 Å². The van der Waals surface area contributed by atoms with E-state index in [0.29, 0.717) is 6.04 Å². The summed E-state index contributed by atoms with van der Waals surface area (Å²) in [5.41, 5.74) is 2.64. The van der Waals surface area contributed by atoms with Crippen molar-refractivity contribution < 1.29 is 0 Å². The van der Waals surface area contributed by atoms with Crippen molar-refractivity contribution in [3.05, 3.63) is 23.4 Å². The Morgan fingerprint density at radius 3 is 3.00 bits per heavy atom. The molecule has 1 aliphatic rings. The van der Waals surface area contributed by atoms with Gasteiger partial charge in [-0.3, -0.25) is 4.90 Å². The molecule has 3 heteroatoms. The molecular formula is C15H25N3. The zero-order chi connectivity index (χ0) is 13.0. The van der Waals surface area contributed by atoms with E-state index in [1.54, 1.807) is 0 Å². The Balaban J connectivity index is 2.12. The normalized spacial score (nSPS) is 20.3. The monoisotopic (exact) mass is 247 g/mol. The Hall–Kier alpha value is -1.09. The first-order valence-electron chi connectivity index (χ1n) is 7.14. The second-order valence-corrected chi connectivity index (χ2v) is 5.23. The molecule has 0 spiro atoms. The second-order valence-electron chi connectivity index (χ2n) is 5.23. The lowest BCUT2D eigenvalue weighted by atomic mass is 10.0. The first-order chi connectivity index (χ1) is 8.76. The highest BCUT2D eigenvalue weighted by Gasteiger charge is 2.25. The Morgan fingerprint density at radius 2 is 2.33 bits per heavy atom. The number of aromatic nitrogens is 1. The lowest BCUT2D eigenvalue weighted by Crippen LogP contribution is -2.24. The highest BCUT2D eigenvalue weighted by molar-refractivity contribution is 5.44. The fourth-order valence-electron chi connectivity index (χ4n) is 2.87. The Kier molecular flexibility index (Phi) is 4.59. The molecule has 1 N–H and O–H groups in total. The topological polar surface area (TPSA) is 28.2 Å². The third-order valence-electron chi connectivity index (χ3n) is 3.88. The number of aryl methyl sites for hydroxylation is 1. The van der Waals surface area contributed by atoms with Crippen molar-refractivity contribution >= 4 is 5.82 Å². The molecule has 100 valence electrons.